The van der Waals surface area contributed by atoms with Gasteiger partial charge in [-0.1, -0.05) is 26.0 Å². The normalized spacial score (nSPS) is 33.8. The third-order valence-electron chi connectivity index (χ3n) is 2.96. The molecule has 0 aromatic carbocycles. The number of nitrogens with one attached hydrogen (secondary N) is 1. The van der Waals surface area contributed by atoms with Crippen LogP contribution in [0, 0.1) is 11.8 Å². The Kier molecular flexibility index (Phi) is 5.57. The molecule has 1 aliphatic carbocycles. The van der Waals surface area contributed by atoms with Crippen LogP contribution in [-0.4, -0.2) is 18.5 Å². The average Bonchev–Trinajstić information content (AvgIpc) is 2.11. The summed E-state index contributed by atoms with van der Waals surface area (Å²) in [5, 5.41) is 3.57. The summed E-state index contributed by atoms with van der Waals surface area (Å²) in [5.41, 5.74) is 0. The Labute approximate surface area is 92.9 Å². The van der Waals surface area contributed by atoms with E-state index < -0.39 is 0 Å². The number of hydrogen-bond donors (Lipinski definition) is 1. The van der Waals surface area contributed by atoms with Crippen molar-refractivity contribution in [2.45, 2.75) is 39.2 Å². The highest BCUT2D eigenvalue weighted by atomic mass is 35.5. The van der Waals surface area contributed by atoms with Crippen LogP contribution < -0.4 is 5.32 Å². The van der Waals surface area contributed by atoms with Crippen LogP contribution in [0.5, 0.6) is 0 Å². The van der Waals surface area contributed by atoms with Crippen molar-refractivity contribution in [1.29, 1.82) is 0 Å². The molecule has 1 saturated carbocycles. The van der Waals surface area contributed by atoms with Gasteiger partial charge >= 0.3 is 0 Å². The molecule has 0 heterocycles. The summed E-state index contributed by atoms with van der Waals surface area (Å²) in [6.07, 6.45) is 8.19. The predicted octanol–water partition coefficient (Wildman–Crippen LogP) is 3.20. The van der Waals surface area contributed by atoms with E-state index in [2.05, 4.69) is 25.2 Å². The molecule has 0 aliphatic heterocycles. The van der Waals surface area contributed by atoms with E-state index >= 15 is 0 Å². The first-order chi connectivity index (χ1) is 6.72. The Bertz CT molecular complexity index is 169. The average molecular weight is 216 g/mol. The van der Waals surface area contributed by atoms with Gasteiger partial charge in [-0.3, -0.25) is 0 Å². The topological polar surface area (TPSA) is 12.0 Å². The summed E-state index contributed by atoms with van der Waals surface area (Å²) in [6.45, 7) is 5.69. The minimum Gasteiger partial charge on any atom is -0.311 e. The molecule has 1 N–H and O–H groups in total. The van der Waals surface area contributed by atoms with Crippen molar-refractivity contribution in [2.24, 2.45) is 11.8 Å². The second-order valence-corrected chi connectivity index (χ2v) is 4.96. The fourth-order valence-corrected chi connectivity index (χ4v) is 2.62. The van der Waals surface area contributed by atoms with Crippen molar-refractivity contribution in [2.75, 3.05) is 12.4 Å². The minimum absolute atomic E-state index is 0.624. The minimum atomic E-state index is 0.624. The molecule has 1 nitrogen and oxygen atoms in total. The number of rotatable bonds is 4. The zero-order chi connectivity index (χ0) is 10.4. The van der Waals surface area contributed by atoms with E-state index in [9.17, 15) is 0 Å². The highest BCUT2D eigenvalue weighted by Gasteiger charge is 2.22. The van der Waals surface area contributed by atoms with Crippen molar-refractivity contribution in [3.63, 3.8) is 0 Å². The first-order valence-corrected chi connectivity index (χ1v) is 6.20. The zero-order valence-corrected chi connectivity index (χ0v) is 10.1. The van der Waals surface area contributed by atoms with Crippen LogP contribution in [0.3, 0.4) is 0 Å². The largest absolute Gasteiger partial charge is 0.311 e. The molecule has 1 rings (SSSR count). The van der Waals surface area contributed by atoms with Gasteiger partial charge in [-0.25, -0.2) is 0 Å². The molecule has 0 radical (unpaired) electrons. The molecule has 2 unspecified atom stereocenters. The Morgan fingerprint density at radius 3 is 2.36 bits per heavy atom. The maximum Gasteiger partial charge on any atom is 0.0404 e. The first-order valence-electron chi connectivity index (χ1n) is 5.66. The van der Waals surface area contributed by atoms with Crippen LogP contribution in [0.15, 0.2) is 12.2 Å². The third kappa shape index (κ3) is 4.47. The van der Waals surface area contributed by atoms with Gasteiger partial charge in [0.15, 0.2) is 0 Å². The van der Waals surface area contributed by atoms with E-state index in [4.69, 9.17) is 11.6 Å². The lowest BCUT2D eigenvalue weighted by Crippen LogP contribution is -2.36. The van der Waals surface area contributed by atoms with Gasteiger partial charge in [0.1, 0.15) is 0 Å². The summed E-state index contributed by atoms with van der Waals surface area (Å²) < 4.78 is 0. The second-order valence-electron chi connectivity index (χ2n) is 4.65. The summed E-state index contributed by atoms with van der Waals surface area (Å²) in [4.78, 5) is 0. The molecule has 0 amide bonds. The van der Waals surface area contributed by atoms with Crippen LogP contribution in [0.1, 0.15) is 33.1 Å². The van der Waals surface area contributed by atoms with Crippen molar-refractivity contribution in [1.82, 2.24) is 5.32 Å². The second kappa shape index (κ2) is 6.47. The molecular formula is C12H22ClN. The first kappa shape index (κ1) is 12.1. The standard InChI is InChI=1S/C12H22ClN/c1-10-7-11(2)9-12(8-10)14-6-4-3-5-13/h3-4,10-12,14H,5-9H2,1-2H3/b4-3+. The molecule has 82 valence electrons. The van der Waals surface area contributed by atoms with Gasteiger partial charge < -0.3 is 5.32 Å². The number of alkyl halides is 1. The molecule has 0 spiro atoms. The maximum atomic E-state index is 5.55. The van der Waals surface area contributed by atoms with Crippen LogP contribution in [0.4, 0.5) is 0 Å². The highest BCUT2D eigenvalue weighted by Crippen LogP contribution is 2.28. The lowest BCUT2D eigenvalue weighted by atomic mass is 9.80. The molecule has 0 saturated heterocycles. The lowest BCUT2D eigenvalue weighted by Gasteiger charge is -2.31. The Hall–Kier alpha value is -0.0100. The predicted molar refractivity (Wildman–Crippen MR) is 63.8 cm³/mol. The van der Waals surface area contributed by atoms with Gasteiger partial charge in [0.25, 0.3) is 0 Å². The van der Waals surface area contributed by atoms with Gasteiger partial charge in [0.2, 0.25) is 0 Å². The van der Waals surface area contributed by atoms with Crippen molar-refractivity contribution in [3.05, 3.63) is 12.2 Å². The summed E-state index contributed by atoms with van der Waals surface area (Å²) >= 11 is 5.55. The zero-order valence-electron chi connectivity index (χ0n) is 9.30. The van der Waals surface area contributed by atoms with E-state index in [0.29, 0.717) is 11.9 Å². The molecule has 2 heteroatoms. The summed E-state index contributed by atoms with van der Waals surface area (Å²) in [6, 6.07) is 0.716. The number of halogens is 1. The van der Waals surface area contributed by atoms with E-state index in [1.165, 1.54) is 19.3 Å². The maximum absolute atomic E-state index is 5.55. The third-order valence-corrected chi connectivity index (χ3v) is 3.14. The van der Waals surface area contributed by atoms with Crippen LogP contribution in [0.25, 0.3) is 0 Å². The molecule has 2 atom stereocenters. The number of allylic oxidation sites excluding steroid dienone is 1. The molecule has 0 aromatic heterocycles. The lowest BCUT2D eigenvalue weighted by molar-refractivity contribution is 0.243. The quantitative estimate of drug-likeness (QED) is 0.561. The smallest absolute Gasteiger partial charge is 0.0404 e. The molecular weight excluding hydrogens is 194 g/mol. The van der Waals surface area contributed by atoms with Gasteiger partial charge in [-0.15, -0.1) is 11.6 Å². The number of hydrogen-bond acceptors (Lipinski definition) is 1. The van der Waals surface area contributed by atoms with E-state index in [1.54, 1.807) is 0 Å². The highest BCUT2D eigenvalue weighted by molar-refractivity contribution is 6.18. The Morgan fingerprint density at radius 2 is 1.79 bits per heavy atom. The van der Waals surface area contributed by atoms with Crippen LogP contribution in [0.2, 0.25) is 0 Å². The molecule has 14 heavy (non-hydrogen) atoms. The molecule has 1 fully saturated rings. The van der Waals surface area contributed by atoms with E-state index in [-0.39, 0.29) is 0 Å². The fraction of sp³-hybridized carbons (Fsp3) is 0.833. The van der Waals surface area contributed by atoms with Crippen molar-refractivity contribution < 1.29 is 0 Å². The van der Waals surface area contributed by atoms with Gasteiger partial charge in [-0.2, -0.15) is 0 Å². The van der Waals surface area contributed by atoms with Gasteiger partial charge in [0.05, 0.1) is 0 Å². The Balaban J connectivity index is 2.20. The molecule has 0 bridgehead atoms. The summed E-state index contributed by atoms with van der Waals surface area (Å²) in [7, 11) is 0. The van der Waals surface area contributed by atoms with Crippen LogP contribution in [-0.2, 0) is 0 Å². The van der Waals surface area contributed by atoms with Crippen molar-refractivity contribution in [3.8, 4) is 0 Å². The van der Waals surface area contributed by atoms with Crippen LogP contribution >= 0.6 is 11.6 Å². The van der Waals surface area contributed by atoms with Gasteiger partial charge in [0, 0.05) is 18.5 Å². The SMILES string of the molecule is CC1CC(C)CC(NC/C=C/CCl)C1. The summed E-state index contributed by atoms with van der Waals surface area (Å²) in [5.74, 6) is 2.39. The monoisotopic (exact) mass is 215 g/mol. The molecule has 1 aliphatic rings. The van der Waals surface area contributed by atoms with Gasteiger partial charge in [-0.05, 0) is 31.1 Å². The molecule has 0 aromatic rings. The van der Waals surface area contributed by atoms with Crippen molar-refractivity contribution >= 4 is 11.6 Å². The fourth-order valence-electron chi connectivity index (χ4n) is 2.49. The van der Waals surface area contributed by atoms with E-state index in [0.717, 1.165) is 18.4 Å². The van der Waals surface area contributed by atoms with E-state index in [1.807, 2.05) is 6.08 Å². The Morgan fingerprint density at radius 1 is 1.14 bits per heavy atom.